The van der Waals surface area contributed by atoms with Gasteiger partial charge in [-0.05, 0) is 57.5 Å². The summed E-state index contributed by atoms with van der Waals surface area (Å²) in [4.78, 5) is 0.191. The van der Waals surface area contributed by atoms with E-state index in [0.29, 0.717) is 17.7 Å². The van der Waals surface area contributed by atoms with E-state index in [9.17, 15) is 8.42 Å². The van der Waals surface area contributed by atoms with Crippen LogP contribution in [-0.2, 0) is 16.6 Å². The van der Waals surface area contributed by atoms with Crippen molar-refractivity contribution in [1.29, 1.82) is 5.26 Å². The lowest BCUT2D eigenvalue weighted by molar-refractivity contribution is 0.485. The number of sulfonamides is 1. The van der Waals surface area contributed by atoms with Crippen LogP contribution in [-0.4, -0.2) is 24.2 Å². The molecule has 1 heterocycles. The highest BCUT2D eigenvalue weighted by Gasteiger charge is 2.20. The number of nitrogens with zero attached hydrogens (tertiary/aromatic N) is 3. The first-order valence-electron chi connectivity index (χ1n) is 7.27. The largest absolute Gasteiger partial charge is 0.268 e. The Bertz CT molecular complexity index is 863. The molecule has 0 saturated carbocycles. The molecule has 1 aromatic carbocycles. The van der Waals surface area contributed by atoms with Gasteiger partial charge >= 0.3 is 0 Å². The summed E-state index contributed by atoms with van der Waals surface area (Å²) in [6.45, 7) is 7.77. The third-order valence-electron chi connectivity index (χ3n) is 3.50. The second-order valence-electron chi connectivity index (χ2n) is 5.72. The Morgan fingerprint density at radius 3 is 2.52 bits per heavy atom. The van der Waals surface area contributed by atoms with Crippen LogP contribution in [0.2, 0.25) is 0 Å². The molecule has 0 aliphatic rings. The molecule has 2 rings (SSSR count). The molecule has 0 bridgehead atoms. The van der Waals surface area contributed by atoms with Crippen molar-refractivity contribution in [3.05, 3.63) is 46.8 Å². The first kappa shape index (κ1) is 17.2. The highest BCUT2D eigenvalue weighted by atomic mass is 32.2. The quantitative estimate of drug-likeness (QED) is 0.907. The minimum atomic E-state index is -3.64. The molecule has 7 heteroatoms. The zero-order chi connectivity index (χ0) is 17.2. The van der Waals surface area contributed by atoms with Crippen molar-refractivity contribution in [2.75, 3.05) is 0 Å². The molecule has 0 fully saturated rings. The van der Waals surface area contributed by atoms with Crippen molar-refractivity contribution < 1.29 is 8.42 Å². The summed E-state index contributed by atoms with van der Waals surface area (Å²) in [5.74, 6) is 0. The molecule has 122 valence electrons. The third-order valence-corrected chi connectivity index (χ3v) is 5.25. The van der Waals surface area contributed by atoms with Crippen molar-refractivity contribution >= 4 is 10.0 Å². The molecule has 0 spiro atoms. The zero-order valence-electron chi connectivity index (χ0n) is 13.7. The molecule has 1 N–H and O–H groups in total. The number of aryl methyl sites for hydroxylation is 3. The smallest absolute Gasteiger partial charge is 0.241 e. The molecule has 0 radical (unpaired) electrons. The van der Waals surface area contributed by atoms with Gasteiger partial charge < -0.3 is 0 Å². The second-order valence-corrected chi connectivity index (χ2v) is 7.41. The van der Waals surface area contributed by atoms with Gasteiger partial charge in [-0.3, -0.25) is 4.68 Å². The molecule has 6 nitrogen and oxygen atoms in total. The van der Waals surface area contributed by atoms with Gasteiger partial charge in [0.1, 0.15) is 0 Å². The number of hydrogen-bond donors (Lipinski definition) is 1. The fraction of sp³-hybridized carbons (Fsp3) is 0.375. The average molecular weight is 332 g/mol. The number of rotatable bonds is 5. The van der Waals surface area contributed by atoms with Gasteiger partial charge in [0.2, 0.25) is 10.0 Å². The second kappa shape index (κ2) is 6.52. The van der Waals surface area contributed by atoms with Crippen molar-refractivity contribution in [3.63, 3.8) is 0 Å². The summed E-state index contributed by atoms with van der Waals surface area (Å²) in [5, 5.41) is 13.2. The van der Waals surface area contributed by atoms with Crippen LogP contribution in [0, 0.1) is 32.1 Å². The van der Waals surface area contributed by atoms with Gasteiger partial charge in [0, 0.05) is 11.7 Å². The van der Waals surface area contributed by atoms with E-state index >= 15 is 0 Å². The van der Waals surface area contributed by atoms with E-state index < -0.39 is 10.0 Å². The SMILES string of the molecule is Cc1cc(C)n(C[C@@H](C)NS(=O)(=O)c2ccc(C#N)cc2C)n1. The van der Waals surface area contributed by atoms with Crippen LogP contribution >= 0.6 is 0 Å². The first-order valence-corrected chi connectivity index (χ1v) is 8.75. The summed E-state index contributed by atoms with van der Waals surface area (Å²) >= 11 is 0. The van der Waals surface area contributed by atoms with Gasteiger partial charge in [-0.25, -0.2) is 13.1 Å². The molecular weight excluding hydrogens is 312 g/mol. The van der Waals surface area contributed by atoms with Crippen molar-refractivity contribution in [3.8, 4) is 6.07 Å². The predicted molar refractivity (Wildman–Crippen MR) is 87.4 cm³/mol. The maximum absolute atomic E-state index is 12.5. The highest BCUT2D eigenvalue weighted by molar-refractivity contribution is 7.89. The number of nitrogens with one attached hydrogen (secondary N) is 1. The van der Waals surface area contributed by atoms with Gasteiger partial charge in [-0.15, -0.1) is 0 Å². The number of nitriles is 1. The number of hydrogen-bond acceptors (Lipinski definition) is 4. The standard InChI is InChI=1S/C16H20N4O2S/c1-11-7-15(9-17)5-6-16(11)23(21,22)19-13(3)10-20-14(4)8-12(2)18-20/h5-8,13,19H,10H2,1-4H3/t13-/m1/s1. The molecule has 1 atom stereocenters. The topological polar surface area (TPSA) is 87.8 Å². The summed E-state index contributed by atoms with van der Waals surface area (Å²) in [6.07, 6.45) is 0. The average Bonchev–Trinajstić information content (AvgIpc) is 2.75. The van der Waals surface area contributed by atoms with Gasteiger partial charge in [-0.1, -0.05) is 0 Å². The van der Waals surface area contributed by atoms with Gasteiger partial charge in [0.05, 0.1) is 28.8 Å². The van der Waals surface area contributed by atoms with Gasteiger partial charge in [0.25, 0.3) is 0 Å². The fourth-order valence-corrected chi connectivity index (χ4v) is 3.97. The molecule has 0 aliphatic heterocycles. The summed E-state index contributed by atoms with van der Waals surface area (Å²) < 4.78 is 29.5. The Morgan fingerprint density at radius 1 is 1.30 bits per heavy atom. The van der Waals surface area contributed by atoms with Crippen LogP contribution < -0.4 is 4.72 Å². The molecule has 0 aliphatic carbocycles. The van der Waals surface area contributed by atoms with Crippen LogP contribution in [0.3, 0.4) is 0 Å². The third kappa shape index (κ3) is 3.97. The lowest BCUT2D eigenvalue weighted by atomic mass is 10.2. The Kier molecular flexibility index (Phi) is 4.88. The van der Waals surface area contributed by atoms with Gasteiger partial charge in [-0.2, -0.15) is 10.4 Å². The normalized spacial score (nSPS) is 12.8. The summed E-state index contributed by atoms with van der Waals surface area (Å²) in [5.41, 5.74) is 2.88. The first-order chi connectivity index (χ1) is 10.7. The van der Waals surface area contributed by atoms with Crippen molar-refractivity contribution in [2.24, 2.45) is 0 Å². The van der Waals surface area contributed by atoms with Crippen LogP contribution in [0.5, 0.6) is 0 Å². The molecule has 0 amide bonds. The number of aromatic nitrogens is 2. The van der Waals surface area contributed by atoms with Crippen LogP contribution in [0.15, 0.2) is 29.2 Å². The molecule has 0 unspecified atom stereocenters. The van der Waals surface area contributed by atoms with E-state index in [1.54, 1.807) is 24.6 Å². The van der Waals surface area contributed by atoms with Crippen molar-refractivity contribution in [2.45, 2.75) is 45.2 Å². The number of benzene rings is 1. The minimum absolute atomic E-state index is 0.191. The lowest BCUT2D eigenvalue weighted by Crippen LogP contribution is -2.36. The highest BCUT2D eigenvalue weighted by Crippen LogP contribution is 2.17. The van der Waals surface area contributed by atoms with E-state index in [0.717, 1.165) is 11.4 Å². The molecule has 1 aromatic heterocycles. The van der Waals surface area contributed by atoms with E-state index in [2.05, 4.69) is 9.82 Å². The lowest BCUT2D eigenvalue weighted by Gasteiger charge is -2.16. The summed E-state index contributed by atoms with van der Waals surface area (Å²) in [6, 6.07) is 8.18. The van der Waals surface area contributed by atoms with Crippen LogP contribution in [0.1, 0.15) is 29.4 Å². The maximum Gasteiger partial charge on any atom is 0.241 e. The minimum Gasteiger partial charge on any atom is -0.268 e. The van der Waals surface area contributed by atoms with Crippen molar-refractivity contribution in [1.82, 2.24) is 14.5 Å². The fourth-order valence-electron chi connectivity index (χ4n) is 2.51. The molecular formula is C16H20N4O2S. The molecule has 0 saturated heterocycles. The Labute approximate surface area is 136 Å². The monoisotopic (exact) mass is 332 g/mol. The summed E-state index contributed by atoms with van der Waals surface area (Å²) in [7, 11) is -3.64. The Balaban J connectivity index is 2.18. The Hall–Kier alpha value is -2.17. The van der Waals surface area contributed by atoms with Gasteiger partial charge in [0.15, 0.2) is 0 Å². The van der Waals surface area contributed by atoms with Crippen LogP contribution in [0.4, 0.5) is 0 Å². The molecule has 23 heavy (non-hydrogen) atoms. The maximum atomic E-state index is 12.5. The van der Waals surface area contributed by atoms with E-state index in [1.165, 1.54) is 12.1 Å². The van der Waals surface area contributed by atoms with E-state index in [-0.39, 0.29) is 10.9 Å². The predicted octanol–water partition coefficient (Wildman–Crippen LogP) is 2.05. The van der Waals surface area contributed by atoms with E-state index in [1.807, 2.05) is 26.0 Å². The molecule has 2 aromatic rings. The van der Waals surface area contributed by atoms with E-state index in [4.69, 9.17) is 5.26 Å². The van der Waals surface area contributed by atoms with Crippen LogP contribution in [0.25, 0.3) is 0 Å². The Morgan fingerprint density at radius 2 is 2.00 bits per heavy atom. The zero-order valence-corrected chi connectivity index (χ0v) is 14.5.